The summed E-state index contributed by atoms with van der Waals surface area (Å²) in [5.74, 6) is -2.33. The average molecular weight is 408 g/mol. The van der Waals surface area contributed by atoms with Gasteiger partial charge >= 0.3 is 5.97 Å². The van der Waals surface area contributed by atoms with Gasteiger partial charge in [0.15, 0.2) is 6.61 Å². The highest BCUT2D eigenvalue weighted by molar-refractivity contribution is 6.22. The maximum Gasteiger partial charge on any atom is 0.329 e. The maximum atomic E-state index is 12.4. The number of aryl methyl sites for hydroxylation is 1. The molecule has 0 saturated carbocycles. The van der Waals surface area contributed by atoms with Crippen molar-refractivity contribution in [3.05, 3.63) is 71.3 Å². The summed E-state index contributed by atoms with van der Waals surface area (Å²) in [6.45, 7) is 2.82. The summed E-state index contributed by atoms with van der Waals surface area (Å²) in [5.41, 5.74) is 1.69. The van der Waals surface area contributed by atoms with Crippen molar-refractivity contribution in [1.82, 2.24) is 10.2 Å². The number of carbonyl (C=O) groups excluding carboxylic acids is 4. The minimum atomic E-state index is -1.12. The lowest BCUT2D eigenvalue weighted by Crippen LogP contribution is -2.45. The van der Waals surface area contributed by atoms with Crippen LogP contribution in [0.5, 0.6) is 0 Å². The van der Waals surface area contributed by atoms with Crippen LogP contribution < -0.4 is 5.32 Å². The van der Waals surface area contributed by atoms with E-state index in [0.717, 1.165) is 17.7 Å². The molecule has 7 nitrogen and oxygen atoms in total. The van der Waals surface area contributed by atoms with Crippen molar-refractivity contribution in [2.45, 2.75) is 38.8 Å². The third-order valence-corrected chi connectivity index (χ3v) is 5.02. The second-order valence-corrected chi connectivity index (χ2v) is 7.30. The molecular weight excluding hydrogens is 384 g/mol. The normalized spacial score (nSPS) is 14.8. The van der Waals surface area contributed by atoms with Crippen molar-refractivity contribution in [3.8, 4) is 0 Å². The molecule has 0 bridgehead atoms. The highest BCUT2D eigenvalue weighted by Gasteiger charge is 2.41. The Kier molecular flexibility index (Phi) is 6.61. The molecule has 2 aromatic rings. The van der Waals surface area contributed by atoms with E-state index in [0.29, 0.717) is 0 Å². The topological polar surface area (TPSA) is 92.8 Å². The number of rotatable bonds is 8. The van der Waals surface area contributed by atoms with Gasteiger partial charge in [-0.2, -0.15) is 0 Å². The van der Waals surface area contributed by atoms with Gasteiger partial charge in [0.2, 0.25) is 0 Å². The number of hydrogen-bond acceptors (Lipinski definition) is 5. The fourth-order valence-electron chi connectivity index (χ4n) is 3.34. The van der Waals surface area contributed by atoms with Crippen LogP contribution >= 0.6 is 0 Å². The number of imide groups is 1. The number of fused-ring (bicyclic) bond motifs is 1. The summed E-state index contributed by atoms with van der Waals surface area (Å²) in [6.07, 6.45) is 1.56. The van der Waals surface area contributed by atoms with Gasteiger partial charge < -0.3 is 10.1 Å². The molecule has 3 rings (SSSR count). The molecule has 0 aliphatic carbocycles. The Labute approximate surface area is 175 Å². The standard InChI is InChI=1S/C23H24N2O5/c1-15(12-13-17-8-4-3-5-9-17)24-20(26)14-30-23(29)16(2)25-21(27)18-10-6-7-11-19(18)22(25)28/h3-11,15-16H,12-14H2,1-2H3,(H,24,26)/t15-,16+/m1/s1. The molecule has 1 aliphatic heterocycles. The quantitative estimate of drug-likeness (QED) is 0.535. The highest BCUT2D eigenvalue weighted by Crippen LogP contribution is 2.24. The molecular formula is C23H24N2O5. The number of ether oxygens (including phenoxy) is 1. The van der Waals surface area contributed by atoms with Gasteiger partial charge in [-0.1, -0.05) is 42.5 Å². The molecule has 2 atom stereocenters. The zero-order valence-electron chi connectivity index (χ0n) is 17.0. The number of nitrogens with one attached hydrogen (secondary N) is 1. The van der Waals surface area contributed by atoms with E-state index < -0.39 is 36.3 Å². The summed E-state index contributed by atoms with van der Waals surface area (Å²) in [7, 11) is 0. The number of carbonyl (C=O) groups is 4. The van der Waals surface area contributed by atoms with Crippen LogP contribution in [-0.4, -0.2) is 47.3 Å². The lowest BCUT2D eigenvalue weighted by atomic mass is 10.1. The first-order valence-electron chi connectivity index (χ1n) is 9.85. The van der Waals surface area contributed by atoms with E-state index >= 15 is 0 Å². The van der Waals surface area contributed by atoms with Crippen LogP contribution in [0.4, 0.5) is 0 Å². The van der Waals surface area contributed by atoms with Gasteiger partial charge in [-0.3, -0.25) is 19.3 Å². The van der Waals surface area contributed by atoms with E-state index in [2.05, 4.69) is 5.32 Å². The van der Waals surface area contributed by atoms with E-state index in [9.17, 15) is 19.2 Å². The molecule has 1 aliphatic rings. The van der Waals surface area contributed by atoms with Gasteiger partial charge in [-0.15, -0.1) is 0 Å². The summed E-state index contributed by atoms with van der Waals surface area (Å²) < 4.78 is 5.04. The predicted molar refractivity (Wildman–Crippen MR) is 110 cm³/mol. The fraction of sp³-hybridized carbons (Fsp3) is 0.304. The molecule has 0 spiro atoms. The number of amides is 3. The number of benzene rings is 2. The van der Waals surface area contributed by atoms with Gasteiger partial charge in [0.25, 0.3) is 17.7 Å². The van der Waals surface area contributed by atoms with Gasteiger partial charge in [0.1, 0.15) is 6.04 Å². The average Bonchev–Trinajstić information content (AvgIpc) is 3.01. The van der Waals surface area contributed by atoms with Crippen molar-refractivity contribution in [1.29, 1.82) is 0 Å². The lowest BCUT2D eigenvalue weighted by Gasteiger charge is -2.21. The smallest absolute Gasteiger partial charge is 0.329 e. The van der Waals surface area contributed by atoms with Gasteiger partial charge in [-0.05, 0) is 44.4 Å². The number of hydrogen-bond donors (Lipinski definition) is 1. The number of nitrogens with zero attached hydrogens (tertiary/aromatic N) is 1. The van der Waals surface area contributed by atoms with Crippen molar-refractivity contribution in [2.75, 3.05) is 6.61 Å². The summed E-state index contributed by atoms with van der Waals surface area (Å²) in [6, 6.07) is 15.1. The molecule has 1 N–H and O–H groups in total. The van der Waals surface area contributed by atoms with Crippen LogP contribution in [0.15, 0.2) is 54.6 Å². The molecule has 0 radical (unpaired) electrons. The molecule has 7 heteroatoms. The van der Waals surface area contributed by atoms with Crippen molar-refractivity contribution in [3.63, 3.8) is 0 Å². The number of esters is 1. The first-order chi connectivity index (χ1) is 14.4. The Bertz CT molecular complexity index is 922. The molecule has 1 heterocycles. The summed E-state index contributed by atoms with van der Waals surface area (Å²) in [4.78, 5) is 50.2. The predicted octanol–water partition coefficient (Wildman–Crippen LogP) is 2.35. The molecule has 0 saturated heterocycles. The summed E-state index contributed by atoms with van der Waals surface area (Å²) in [5, 5.41) is 2.78. The Morgan fingerprint density at radius 1 is 0.933 bits per heavy atom. The maximum absolute atomic E-state index is 12.4. The Morgan fingerprint density at radius 3 is 2.10 bits per heavy atom. The second kappa shape index (κ2) is 9.35. The van der Waals surface area contributed by atoms with E-state index in [-0.39, 0.29) is 17.2 Å². The molecule has 0 fully saturated rings. The van der Waals surface area contributed by atoms with Gasteiger partial charge in [-0.25, -0.2) is 4.79 Å². The first-order valence-corrected chi connectivity index (χ1v) is 9.85. The minimum Gasteiger partial charge on any atom is -0.454 e. The highest BCUT2D eigenvalue weighted by atomic mass is 16.5. The molecule has 0 unspecified atom stereocenters. The van der Waals surface area contributed by atoms with Crippen LogP contribution in [0.2, 0.25) is 0 Å². The molecule has 156 valence electrons. The molecule has 30 heavy (non-hydrogen) atoms. The zero-order valence-corrected chi connectivity index (χ0v) is 17.0. The summed E-state index contributed by atoms with van der Waals surface area (Å²) >= 11 is 0. The monoisotopic (exact) mass is 408 g/mol. The third kappa shape index (κ3) is 4.74. The molecule has 2 aromatic carbocycles. The van der Waals surface area contributed by atoms with E-state index in [1.807, 2.05) is 37.3 Å². The van der Waals surface area contributed by atoms with Gasteiger partial charge in [0, 0.05) is 6.04 Å². The van der Waals surface area contributed by atoms with Crippen molar-refractivity contribution < 1.29 is 23.9 Å². The van der Waals surface area contributed by atoms with Crippen LogP contribution in [0, 0.1) is 0 Å². The Balaban J connectivity index is 1.46. The Hall–Kier alpha value is -3.48. The van der Waals surface area contributed by atoms with Crippen molar-refractivity contribution in [2.24, 2.45) is 0 Å². The largest absolute Gasteiger partial charge is 0.454 e. The molecule has 0 aromatic heterocycles. The second-order valence-electron chi connectivity index (χ2n) is 7.30. The zero-order chi connectivity index (χ0) is 21.7. The van der Waals surface area contributed by atoms with Crippen LogP contribution in [-0.2, 0) is 20.7 Å². The van der Waals surface area contributed by atoms with Crippen LogP contribution in [0.1, 0.15) is 46.5 Å². The van der Waals surface area contributed by atoms with Crippen molar-refractivity contribution >= 4 is 23.7 Å². The van der Waals surface area contributed by atoms with Crippen LogP contribution in [0.3, 0.4) is 0 Å². The van der Waals surface area contributed by atoms with E-state index in [1.54, 1.807) is 12.1 Å². The fourth-order valence-corrected chi connectivity index (χ4v) is 3.34. The van der Waals surface area contributed by atoms with Crippen LogP contribution in [0.25, 0.3) is 0 Å². The van der Waals surface area contributed by atoms with E-state index in [1.165, 1.54) is 24.6 Å². The molecule has 3 amide bonds. The Morgan fingerprint density at radius 2 is 1.50 bits per heavy atom. The SMILES string of the molecule is C[C@H](CCc1ccccc1)NC(=O)COC(=O)[C@H](C)N1C(=O)c2ccccc2C1=O. The van der Waals surface area contributed by atoms with E-state index in [4.69, 9.17) is 4.74 Å². The lowest BCUT2D eigenvalue weighted by molar-refractivity contribution is -0.152. The minimum absolute atomic E-state index is 0.0925. The third-order valence-electron chi connectivity index (χ3n) is 5.02. The first kappa shape index (κ1) is 21.2. The van der Waals surface area contributed by atoms with Gasteiger partial charge in [0.05, 0.1) is 11.1 Å².